The lowest BCUT2D eigenvalue weighted by molar-refractivity contribution is -0.122. The van der Waals surface area contributed by atoms with E-state index in [0.717, 1.165) is 5.56 Å². The van der Waals surface area contributed by atoms with Gasteiger partial charge in [0.25, 0.3) is 12.0 Å². The quantitative estimate of drug-likeness (QED) is 0.603. The van der Waals surface area contributed by atoms with Crippen molar-refractivity contribution in [2.45, 2.75) is 26.2 Å². The van der Waals surface area contributed by atoms with E-state index in [0.29, 0.717) is 0 Å². The average Bonchev–Trinajstić information content (AvgIpc) is 2.04. The third kappa shape index (κ3) is 4.39. The summed E-state index contributed by atoms with van der Waals surface area (Å²) in [5, 5.41) is 12.9. The van der Waals surface area contributed by atoms with Crippen molar-refractivity contribution < 1.29 is 9.90 Å². The molecule has 2 N–H and O–H groups in total. The first kappa shape index (κ1) is 12.3. The van der Waals surface area contributed by atoms with Gasteiger partial charge < -0.3 is 5.11 Å². The monoisotopic (exact) mass is 198 g/mol. The molecule has 0 atom stereocenters. The molecule has 0 bridgehead atoms. The number of carboxylic acid groups (broad SMARTS) is 1. The van der Waals surface area contributed by atoms with Crippen LogP contribution in [0.15, 0.2) is 17.1 Å². The van der Waals surface area contributed by atoms with Gasteiger partial charge in [0.1, 0.15) is 0 Å². The van der Waals surface area contributed by atoms with E-state index in [2.05, 4.69) is 10.2 Å². The Balaban J connectivity index is 0.000000500. The molecular weight excluding hydrogens is 184 g/mol. The Morgan fingerprint density at radius 1 is 1.50 bits per heavy atom. The number of rotatable bonds is 0. The molecule has 1 aromatic heterocycles. The fourth-order valence-corrected chi connectivity index (χ4v) is 0.786. The van der Waals surface area contributed by atoms with Gasteiger partial charge >= 0.3 is 0 Å². The summed E-state index contributed by atoms with van der Waals surface area (Å²) in [6.07, 6.45) is 1.68. The highest BCUT2D eigenvalue weighted by Gasteiger charge is 2.13. The first-order valence-corrected chi connectivity index (χ1v) is 4.05. The molecule has 14 heavy (non-hydrogen) atoms. The van der Waals surface area contributed by atoms with Crippen LogP contribution in [0, 0.1) is 0 Å². The molecule has 0 fully saturated rings. The van der Waals surface area contributed by atoms with Gasteiger partial charge in [-0.2, -0.15) is 5.10 Å². The van der Waals surface area contributed by atoms with Gasteiger partial charge in [-0.15, -0.1) is 0 Å². The predicted octanol–water partition coefficient (Wildman–Crippen LogP) is 0.768. The van der Waals surface area contributed by atoms with Crippen LogP contribution in [-0.4, -0.2) is 21.8 Å². The van der Waals surface area contributed by atoms with E-state index in [4.69, 9.17) is 9.90 Å². The van der Waals surface area contributed by atoms with Crippen LogP contribution < -0.4 is 5.56 Å². The highest BCUT2D eigenvalue weighted by molar-refractivity contribution is 5.32. The fourth-order valence-electron chi connectivity index (χ4n) is 0.786. The van der Waals surface area contributed by atoms with Crippen molar-refractivity contribution in [2.75, 3.05) is 0 Å². The molecule has 1 rings (SSSR count). The molecule has 5 heteroatoms. The molecule has 78 valence electrons. The number of hydrogen-bond acceptors (Lipinski definition) is 3. The van der Waals surface area contributed by atoms with Crippen LogP contribution in [0.3, 0.4) is 0 Å². The Bertz CT molecular complexity index is 338. The zero-order chi connectivity index (χ0) is 11.2. The van der Waals surface area contributed by atoms with E-state index in [1.807, 2.05) is 20.8 Å². The summed E-state index contributed by atoms with van der Waals surface area (Å²) in [6, 6.07) is 1.58. The largest absolute Gasteiger partial charge is 0.483 e. The smallest absolute Gasteiger partial charge is 0.290 e. The van der Waals surface area contributed by atoms with Crippen LogP contribution in [0.2, 0.25) is 0 Å². The van der Waals surface area contributed by atoms with Gasteiger partial charge in [-0.05, 0) is 11.0 Å². The summed E-state index contributed by atoms with van der Waals surface area (Å²) < 4.78 is 0. The summed E-state index contributed by atoms with van der Waals surface area (Å²) in [6.45, 7) is 5.89. The first-order chi connectivity index (χ1) is 6.41. The molecular formula is C9H14N2O3. The summed E-state index contributed by atoms with van der Waals surface area (Å²) in [4.78, 5) is 19.2. The minimum Gasteiger partial charge on any atom is -0.483 e. The van der Waals surface area contributed by atoms with Crippen LogP contribution in [0.1, 0.15) is 26.3 Å². The number of aromatic amines is 1. The molecule has 5 nitrogen and oxygen atoms in total. The van der Waals surface area contributed by atoms with E-state index in [1.54, 1.807) is 12.3 Å². The highest BCUT2D eigenvalue weighted by atomic mass is 16.3. The maximum Gasteiger partial charge on any atom is 0.290 e. The van der Waals surface area contributed by atoms with Gasteiger partial charge in [0, 0.05) is 6.07 Å². The van der Waals surface area contributed by atoms with Gasteiger partial charge in [0.15, 0.2) is 0 Å². The van der Waals surface area contributed by atoms with E-state index in [-0.39, 0.29) is 17.4 Å². The first-order valence-electron chi connectivity index (χ1n) is 4.05. The third-order valence-corrected chi connectivity index (χ3v) is 1.53. The van der Waals surface area contributed by atoms with Crippen LogP contribution in [0.4, 0.5) is 0 Å². The molecule has 0 aliphatic rings. The Labute approximate surface area is 81.8 Å². The minimum absolute atomic E-state index is 0.00125. The lowest BCUT2D eigenvalue weighted by atomic mass is 9.89. The van der Waals surface area contributed by atoms with Crippen molar-refractivity contribution in [2.24, 2.45) is 0 Å². The van der Waals surface area contributed by atoms with Crippen molar-refractivity contribution in [1.29, 1.82) is 0 Å². The summed E-state index contributed by atoms with van der Waals surface area (Å²) in [7, 11) is 0. The van der Waals surface area contributed by atoms with Crippen LogP contribution in [0.25, 0.3) is 0 Å². The van der Waals surface area contributed by atoms with Crippen molar-refractivity contribution in [1.82, 2.24) is 10.2 Å². The van der Waals surface area contributed by atoms with Crippen LogP contribution in [0.5, 0.6) is 0 Å². The van der Waals surface area contributed by atoms with Crippen LogP contribution in [-0.2, 0) is 10.2 Å². The second kappa shape index (κ2) is 5.16. The van der Waals surface area contributed by atoms with Crippen LogP contribution >= 0.6 is 0 Å². The SMILES string of the molecule is CC(C)(C)c1cn[nH]c(=O)c1.O=CO. The molecule has 0 aliphatic heterocycles. The number of nitrogens with zero attached hydrogens (tertiary/aromatic N) is 1. The lowest BCUT2D eigenvalue weighted by Crippen LogP contribution is -2.17. The normalized spacial score (nSPS) is 9.93. The molecule has 0 amide bonds. The molecule has 0 aromatic carbocycles. The third-order valence-electron chi connectivity index (χ3n) is 1.53. The standard InChI is InChI=1S/C8H12N2O.CH2O2/c1-8(2,3)6-4-7(11)10-9-5-6;2-1-3/h4-5H,1-3H3,(H,10,11);1H,(H,2,3). The predicted molar refractivity (Wildman–Crippen MR) is 52.3 cm³/mol. The fraction of sp³-hybridized carbons (Fsp3) is 0.444. The van der Waals surface area contributed by atoms with Gasteiger partial charge in [0.05, 0.1) is 6.20 Å². The second-order valence-corrected chi connectivity index (χ2v) is 3.69. The van der Waals surface area contributed by atoms with Crippen molar-refractivity contribution in [3.05, 3.63) is 28.2 Å². The van der Waals surface area contributed by atoms with E-state index in [1.165, 1.54) is 0 Å². The number of nitrogens with one attached hydrogen (secondary N) is 1. The Morgan fingerprint density at radius 3 is 2.29 bits per heavy atom. The zero-order valence-electron chi connectivity index (χ0n) is 8.44. The average molecular weight is 198 g/mol. The topological polar surface area (TPSA) is 83.0 Å². The maximum absolute atomic E-state index is 10.8. The summed E-state index contributed by atoms with van der Waals surface area (Å²) in [5.41, 5.74) is 0.819. The number of H-pyrrole nitrogens is 1. The van der Waals surface area contributed by atoms with Crippen molar-refractivity contribution in [3.63, 3.8) is 0 Å². The number of aromatic nitrogens is 2. The van der Waals surface area contributed by atoms with Gasteiger partial charge in [-0.3, -0.25) is 9.59 Å². The molecule has 0 spiro atoms. The molecule has 0 radical (unpaired) electrons. The zero-order valence-corrected chi connectivity index (χ0v) is 8.44. The second-order valence-electron chi connectivity index (χ2n) is 3.69. The van der Waals surface area contributed by atoms with Crippen molar-refractivity contribution in [3.8, 4) is 0 Å². The van der Waals surface area contributed by atoms with Gasteiger partial charge in [-0.25, -0.2) is 5.10 Å². The highest BCUT2D eigenvalue weighted by Crippen LogP contribution is 2.18. The molecule has 0 unspecified atom stereocenters. The molecule has 0 saturated carbocycles. The number of carbonyl (C=O) groups is 1. The van der Waals surface area contributed by atoms with E-state index >= 15 is 0 Å². The Morgan fingerprint density at radius 2 is 2.00 bits per heavy atom. The molecule has 1 aromatic rings. The Kier molecular flexibility index (Phi) is 4.55. The minimum atomic E-state index is -0.250. The van der Waals surface area contributed by atoms with E-state index < -0.39 is 0 Å². The van der Waals surface area contributed by atoms with Gasteiger partial charge in [0.2, 0.25) is 0 Å². The summed E-state index contributed by atoms with van der Waals surface area (Å²) in [5.74, 6) is 0. The molecule has 1 heterocycles. The summed E-state index contributed by atoms with van der Waals surface area (Å²) >= 11 is 0. The van der Waals surface area contributed by atoms with Crippen molar-refractivity contribution >= 4 is 6.47 Å². The molecule has 0 saturated heterocycles. The number of hydrogen-bond donors (Lipinski definition) is 2. The molecule has 0 aliphatic carbocycles. The van der Waals surface area contributed by atoms with Gasteiger partial charge in [-0.1, -0.05) is 20.8 Å². The van der Waals surface area contributed by atoms with E-state index in [9.17, 15) is 4.79 Å². The Hall–Kier alpha value is -1.65. The maximum atomic E-state index is 10.8. The lowest BCUT2D eigenvalue weighted by Gasteiger charge is -2.16.